The monoisotopic (exact) mass is 612 g/mol. The first-order valence-electron chi connectivity index (χ1n) is 15.1. The van der Waals surface area contributed by atoms with Crippen molar-refractivity contribution in [3.8, 4) is 46.0 Å². The van der Waals surface area contributed by atoms with E-state index in [-0.39, 0.29) is 29.1 Å². The van der Waals surface area contributed by atoms with Gasteiger partial charge in [0, 0.05) is 30.7 Å². The van der Waals surface area contributed by atoms with E-state index in [0.717, 1.165) is 49.0 Å². The fraction of sp³-hybridized carbons (Fsp3) is 0.333. The van der Waals surface area contributed by atoms with Crippen molar-refractivity contribution in [3.05, 3.63) is 94.0 Å². The van der Waals surface area contributed by atoms with E-state index in [2.05, 4.69) is 48.2 Å². The lowest BCUT2D eigenvalue weighted by Gasteiger charge is -2.36. The fourth-order valence-electron chi connectivity index (χ4n) is 6.93. The van der Waals surface area contributed by atoms with Crippen LogP contribution in [0.25, 0.3) is 0 Å². The van der Waals surface area contributed by atoms with E-state index < -0.39 is 0 Å². The topological polar surface area (TPSA) is 115 Å². The highest BCUT2D eigenvalue weighted by Gasteiger charge is 2.33. The van der Waals surface area contributed by atoms with Crippen LogP contribution in [-0.2, 0) is 25.7 Å². The molecular formula is C36H40N2O7. The number of nitrogens with zero attached hydrogens (tertiary/aromatic N) is 2. The van der Waals surface area contributed by atoms with Crippen molar-refractivity contribution in [1.29, 1.82) is 0 Å². The molecule has 45 heavy (non-hydrogen) atoms. The Labute approximate surface area is 263 Å². The van der Waals surface area contributed by atoms with Crippen molar-refractivity contribution >= 4 is 0 Å². The fourth-order valence-corrected chi connectivity index (χ4v) is 6.93. The summed E-state index contributed by atoms with van der Waals surface area (Å²) in [5.41, 5.74) is 6.58. The van der Waals surface area contributed by atoms with Crippen molar-refractivity contribution in [2.75, 3.05) is 41.4 Å². The highest BCUT2D eigenvalue weighted by Crippen LogP contribution is 2.50. The standard InChI is InChI=1S/C36H38N2O6.H2O/c1-37-13-11-23-18-31(41-3)32-20-26(23)27(37)15-21-5-8-25(9-6-21)43-36-34-24(19-33(42-4)35(36)40)12-14-38(2)28(34)16-22-7-10-29(39)30(17-22)44-32;/h5-10,17-20,27-28,39-40H,11-16H2,1-4H3;1H2/t27-,28-;/m0./s1. The number of hydrogen-bond acceptors (Lipinski definition) is 8. The second-order valence-corrected chi connectivity index (χ2v) is 12.1. The normalized spacial score (nSPS) is 19.2. The second-order valence-electron chi connectivity index (χ2n) is 12.1. The Morgan fingerprint density at radius 2 is 1.36 bits per heavy atom. The number of phenols is 2. The zero-order chi connectivity index (χ0) is 30.5. The average Bonchev–Trinajstić information content (AvgIpc) is 3.03. The molecule has 2 atom stereocenters. The van der Waals surface area contributed by atoms with Crippen LogP contribution in [0, 0.1) is 0 Å². The summed E-state index contributed by atoms with van der Waals surface area (Å²) < 4.78 is 24.3. The van der Waals surface area contributed by atoms with E-state index in [9.17, 15) is 10.2 Å². The van der Waals surface area contributed by atoms with Gasteiger partial charge < -0.3 is 34.6 Å². The number of hydrogen-bond donors (Lipinski definition) is 2. The number of benzene rings is 4. The van der Waals surface area contributed by atoms with E-state index in [1.54, 1.807) is 20.3 Å². The number of aromatic hydroxyl groups is 2. The maximum Gasteiger partial charge on any atom is 0.201 e. The lowest BCUT2D eigenvalue weighted by atomic mass is 9.87. The van der Waals surface area contributed by atoms with Crippen molar-refractivity contribution in [3.63, 3.8) is 0 Å². The maximum atomic E-state index is 11.4. The number of ether oxygens (including phenoxy) is 4. The molecule has 9 nitrogen and oxygen atoms in total. The van der Waals surface area contributed by atoms with Crippen LogP contribution in [0.3, 0.4) is 0 Å². The molecule has 8 rings (SSSR count). The number of fused-ring (bicyclic) bond motifs is 2. The van der Waals surface area contributed by atoms with Crippen LogP contribution in [0.15, 0.2) is 60.7 Å². The molecule has 4 aromatic carbocycles. The third-order valence-corrected chi connectivity index (χ3v) is 9.46. The summed E-state index contributed by atoms with van der Waals surface area (Å²) in [7, 11) is 7.45. The molecule has 0 aliphatic carbocycles. The average molecular weight is 613 g/mol. The predicted molar refractivity (Wildman–Crippen MR) is 172 cm³/mol. The van der Waals surface area contributed by atoms with Crippen molar-refractivity contribution in [2.45, 2.75) is 37.8 Å². The molecule has 0 spiro atoms. The minimum atomic E-state index is -0.101. The molecule has 4 aromatic rings. The van der Waals surface area contributed by atoms with Crippen molar-refractivity contribution in [2.24, 2.45) is 0 Å². The van der Waals surface area contributed by atoms with Gasteiger partial charge in [0.2, 0.25) is 5.75 Å². The summed E-state index contributed by atoms with van der Waals surface area (Å²) in [5.74, 6) is 3.08. The summed E-state index contributed by atoms with van der Waals surface area (Å²) in [6.07, 6.45) is 3.11. The van der Waals surface area contributed by atoms with Crippen LogP contribution in [0.4, 0.5) is 0 Å². The van der Waals surface area contributed by atoms with Gasteiger partial charge in [-0.3, -0.25) is 9.80 Å². The van der Waals surface area contributed by atoms with Gasteiger partial charge >= 0.3 is 0 Å². The van der Waals surface area contributed by atoms with Gasteiger partial charge in [0.1, 0.15) is 5.75 Å². The lowest BCUT2D eigenvalue weighted by Crippen LogP contribution is -2.34. The summed E-state index contributed by atoms with van der Waals surface area (Å²) >= 11 is 0. The Balaban J connectivity index is 0.00000357. The predicted octanol–water partition coefficient (Wildman–Crippen LogP) is 5.73. The Bertz CT molecular complexity index is 1720. The second kappa shape index (κ2) is 12.2. The van der Waals surface area contributed by atoms with E-state index in [1.807, 2.05) is 30.3 Å². The van der Waals surface area contributed by atoms with Gasteiger partial charge in [0.05, 0.1) is 14.2 Å². The zero-order valence-corrected chi connectivity index (χ0v) is 26.1. The molecular weight excluding hydrogens is 572 g/mol. The third kappa shape index (κ3) is 5.52. The summed E-state index contributed by atoms with van der Waals surface area (Å²) in [6.45, 7) is 1.77. The number of methoxy groups -OCH3 is 2. The van der Waals surface area contributed by atoms with Gasteiger partial charge in [-0.2, -0.15) is 0 Å². The largest absolute Gasteiger partial charge is 0.504 e. The summed E-state index contributed by atoms with van der Waals surface area (Å²) in [4.78, 5) is 4.65. The summed E-state index contributed by atoms with van der Waals surface area (Å²) in [6, 6.07) is 19.7. The van der Waals surface area contributed by atoms with Gasteiger partial charge in [0.15, 0.2) is 34.5 Å². The van der Waals surface area contributed by atoms with Crippen LogP contribution in [0.1, 0.15) is 45.5 Å². The highest BCUT2D eigenvalue weighted by molar-refractivity contribution is 5.62. The highest BCUT2D eigenvalue weighted by atomic mass is 16.5. The Hall–Kier alpha value is -4.44. The molecule has 4 heterocycles. The van der Waals surface area contributed by atoms with Gasteiger partial charge in [0.25, 0.3) is 0 Å². The van der Waals surface area contributed by atoms with Gasteiger partial charge in [-0.05, 0) is 110 Å². The first-order chi connectivity index (χ1) is 21.3. The molecule has 4 N–H and O–H groups in total. The molecule has 0 saturated heterocycles. The molecule has 0 radical (unpaired) electrons. The Kier molecular flexibility index (Phi) is 8.26. The Morgan fingerprint density at radius 3 is 2.09 bits per heavy atom. The molecule has 9 heteroatoms. The van der Waals surface area contributed by atoms with Crippen molar-refractivity contribution in [1.82, 2.24) is 9.80 Å². The minimum absolute atomic E-state index is 0. The molecule has 0 saturated carbocycles. The SMILES string of the molecule is COc1cc2c3cc1Oc1cc(ccc1O)C[C@H]1c4c(cc(OC)c(O)c4Oc4ccc(cc4)C[C@@H]3N(C)CC2)CCN1C.O. The van der Waals surface area contributed by atoms with Crippen LogP contribution in [0.5, 0.6) is 46.0 Å². The third-order valence-electron chi connectivity index (χ3n) is 9.46. The van der Waals surface area contributed by atoms with E-state index in [4.69, 9.17) is 18.9 Å². The van der Waals surface area contributed by atoms with Crippen LogP contribution >= 0.6 is 0 Å². The molecule has 0 fully saturated rings. The van der Waals surface area contributed by atoms with E-state index in [1.165, 1.54) is 16.7 Å². The van der Waals surface area contributed by atoms with Crippen LogP contribution < -0.4 is 18.9 Å². The molecule has 6 bridgehead atoms. The summed E-state index contributed by atoms with van der Waals surface area (Å²) in [5, 5.41) is 22.3. The molecule has 0 amide bonds. The maximum absolute atomic E-state index is 11.4. The first kappa shape index (κ1) is 30.6. The number of rotatable bonds is 2. The van der Waals surface area contributed by atoms with Crippen LogP contribution in [-0.4, -0.2) is 66.9 Å². The first-order valence-corrected chi connectivity index (χ1v) is 15.1. The van der Waals surface area contributed by atoms with Crippen LogP contribution in [0.2, 0.25) is 0 Å². The smallest absolute Gasteiger partial charge is 0.201 e. The van der Waals surface area contributed by atoms with E-state index in [0.29, 0.717) is 40.9 Å². The molecule has 4 aliphatic heterocycles. The number of likely N-dealkylation sites (N-methyl/N-ethyl adjacent to an activating group) is 2. The molecule has 0 unspecified atom stereocenters. The van der Waals surface area contributed by atoms with Gasteiger partial charge in [-0.1, -0.05) is 18.2 Å². The minimum Gasteiger partial charge on any atom is -0.504 e. The van der Waals surface area contributed by atoms with Crippen molar-refractivity contribution < 1.29 is 34.6 Å². The lowest BCUT2D eigenvalue weighted by molar-refractivity contribution is 0.222. The molecule has 0 aromatic heterocycles. The van der Waals surface area contributed by atoms with Gasteiger partial charge in [-0.15, -0.1) is 0 Å². The van der Waals surface area contributed by atoms with E-state index >= 15 is 0 Å². The van der Waals surface area contributed by atoms with Gasteiger partial charge in [-0.25, -0.2) is 0 Å². The Morgan fingerprint density at radius 1 is 0.711 bits per heavy atom. The molecule has 236 valence electrons. The zero-order valence-electron chi connectivity index (χ0n) is 26.1. The molecule has 4 aliphatic rings. The number of phenolic OH excluding ortho intramolecular Hbond substituents is 2. The quantitative estimate of drug-likeness (QED) is 0.295.